The highest BCUT2D eigenvalue weighted by molar-refractivity contribution is 5.76. The lowest BCUT2D eigenvalue weighted by Crippen LogP contribution is -1.99. The molecule has 0 aliphatic heterocycles. The Kier molecular flexibility index (Phi) is 2.68. The largest absolute Gasteiger partial charge is 0.507 e. The van der Waals surface area contributed by atoms with E-state index in [1.807, 2.05) is 6.07 Å². The number of phenols is 1. The molecule has 0 aliphatic rings. The Morgan fingerprint density at radius 2 is 1.47 bits per heavy atom. The maximum Gasteiger partial charge on any atom is 0.272 e. The number of aromatic hydroxyl groups is 1. The second-order valence-electron chi connectivity index (χ2n) is 4.10. The molecule has 0 atom stereocenters. The van der Waals surface area contributed by atoms with E-state index in [9.17, 15) is 9.90 Å². The highest BCUT2D eigenvalue weighted by atomic mass is 16.3. The molecule has 0 aliphatic carbocycles. The summed E-state index contributed by atoms with van der Waals surface area (Å²) < 4.78 is 0. The van der Waals surface area contributed by atoms with Gasteiger partial charge in [-0.1, -0.05) is 24.3 Å². The number of benzene rings is 2. The highest BCUT2D eigenvalue weighted by Crippen LogP contribution is 2.26. The molecule has 4 heteroatoms. The fourth-order valence-corrected chi connectivity index (χ4v) is 1.91. The van der Waals surface area contributed by atoms with Crippen LogP contribution < -0.4 is 5.56 Å². The van der Waals surface area contributed by atoms with E-state index in [1.165, 1.54) is 6.07 Å². The molecular weight excluding hydrogens is 240 g/mol. The van der Waals surface area contributed by atoms with Crippen LogP contribution in [-0.4, -0.2) is 15.1 Å². The summed E-state index contributed by atoms with van der Waals surface area (Å²) in [5.41, 5.74) is 1.70. The number of nitrogens with zero attached hydrogens (tertiary/aromatic N) is 2. The monoisotopic (exact) mass is 250 g/mol. The van der Waals surface area contributed by atoms with E-state index in [0.717, 1.165) is 0 Å². The van der Waals surface area contributed by atoms with Crippen molar-refractivity contribution in [3.63, 3.8) is 0 Å². The molecule has 1 N–H and O–H groups in total. The molecular formula is C15H10N2O2. The van der Waals surface area contributed by atoms with Crippen molar-refractivity contribution in [1.82, 2.24) is 9.97 Å². The van der Waals surface area contributed by atoms with Crippen LogP contribution in [0.3, 0.4) is 0 Å². The Hall–Kier alpha value is -2.75. The van der Waals surface area contributed by atoms with Crippen molar-refractivity contribution in [2.75, 3.05) is 0 Å². The Morgan fingerprint density at radius 3 is 2.21 bits per heavy atom. The summed E-state index contributed by atoms with van der Waals surface area (Å²) in [6.45, 7) is 0. The smallest absolute Gasteiger partial charge is 0.272 e. The topological polar surface area (TPSA) is 63.1 Å². The third-order valence-corrected chi connectivity index (χ3v) is 2.79. The molecule has 19 heavy (non-hydrogen) atoms. The fourth-order valence-electron chi connectivity index (χ4n) is 1.91. The summed E-state index contributed by atoms with van der Waals surface area (Å²) in [5.74, 6) is 0.0877. The second-order valence-corrected chi connectivity index (χ2v) is 4.10. The number of hydrogen-bond donors (Lipinski definition) is 1. The van der Waals surface area contributed by atoms with Crippen molar-refractivity contribution in [3.05, 3.63) is 65.0 Å². The van der Waals surface area contributed by atoms with E-state index >= 15 is 0 Å². The highest BCUT2D eigenvalue weighted by Gasteiger charge is 2.06. The van der Waals surface area contributed by atoms with Crippen LogP contribution in [0.25, 0.3) is 22.3 Å². The third kappa shape index (κ3) is 2.15. The van der Waals surface area contributed by atoms with E-state index in [0.29, 0.717) is 22.3 Å². The molecule has 1 aromatic heterocycles. The second kappa shape index (κ2) is 4.49. The summed E-state index contributed by atoms with van der Waals surface area (Å²) in [6.07, 6.45) is 0. The Balaban J connectivity index is 2.37. The van der Waals surface area contributed by atoms with Crippen LogP contribution in [0.15, 0.2) is 59.4 Å². The summed E-state index contributed by atoms with van der Waals surface area (Å²) >= 11 is 0. The van der Waals surface area contributed by atoms with Crippen LogP contribution in [0, 0.1) is 0 Å². The van der Waals surface area contributed by atoms with E-state index in [-0.39, 0.29) is 11.3 Å². The molecule has 92 valence electrons. The van der Waals surface area contributed by atoms with Gasteiger partial charge in [0.1, 0.15) is 5.75 Å². The minimum atomic E-state index is -0.382. The van der Waals surface area contributed by atoms with Crippen molar-refractivity contribution >= 4 is 11.0 Å². The van der Waals surface area contributed by atoms with Crippen molar-refractivity contribution < 1.29 is 5.11 Å². The van der Waals surface area contributed by atoms with E-state index in [1.54, 1.807) is 42.5 Å². The molecule has 3 rings (SSSR count). The van der Waals surface area contributed by atoms with Gasteiger partial charge in [0.25, 0.3) is 5.56 Å². The average molecular weight is 250 g/mol. The van der Waals surface area contributed by atoms with Gasteiger partial charge in [0.2, 0.25) is 0 Å². The minimum Gasteiger partial charge on any atom is -0.507 e. The number of para-hydroxylation sites is 3. The van der Waals surface area contributed by atoms with Gasteiger partial charge in [0, 0.05) is 11.6 Å². The Morgan fingerprint density at radius 1 is 0.842 bits per heavy atom. The van der Waals surface area contributed by atoms with Gasteiger partial charge in [-0.2, -0.15) is 0 Å². The third-order valence-electron chi connectivity index (χ3n) is 2.79. The molecule has 0 amide bonds. The Labute approximate surface area is 109 Å². The number of aromatic nitrogens is 2. The van der Waals surface area contributed by atoms with Crippen LogP contribution in [0.4, 0.5) is 0 Å². The average Bonchev–Trinajstić information content (AvgIpc) is 2.57. The van der Waals surface area contributed by atoms with Crippen molar-refractivity contribution in [2.24, 2.45) is 0 Å². The molecule has 1 heterocycles. The SMILES string of the molecule is O=c1cc(-c2ccccc2O)nc2ccccc2n1. The molecule has 0 bridgehead atoms. The van der Waals surface area contributed by atoms with Gasteiger partial charge in [-0.15, -0.1) is 0 Å². The predicted octanol–water partition coefficient (Wildman–Crippen LogP) is 2.36. The summed E-state index contributed by atoms with van der Waals surface area (Å²) in [6, 6.07) is 15.3. The lowest BCUT2D eigenvalue weighted by Gasteiger charge is -2.00. The lowest BCUT2D eigenvalue weighted by molar-refractivity contribution is 0.477. The van der Waals surface area contributed by atoms with Gasteiger partial charge < -0.3 is 5.11 Å². The standard InChI is InChI=1S/C15H10N2O2/c18-14-8-4-1-5-10(14)13-9-15(19)17-12-7-3-2-6-11(12)16-13/h1-9,18H. The van der Waals surface area contributed by atoms with Gasteiger partial charge in [0.15, 0.2) is 0 Å². The van der Waals surface area contributed by atoms with Gasteiger partial charge in [-0.25, -0.2) is 9.97 Å². The van der Waals surface area contributed by atoms with Crippen molar-refractivity contribution in [1.29, 1.82) is 0 Å². The molecule has 4 nitrogen and oxygen atoms in total. The number of rotatable bonds is 1. The summed E-state index contributed by atoms with van der Waals surface area (Å²) in [7, 11) is 0. The van der Waals surface area contributed by atoms with Gasteiger partial charge >= 0.3 is 0 Å². The first-order valence-corrected chi connectivity index (χ1v) is 5.80. The number of hydrogen-bond acceptors (Lipinski definition) is 4. The lowest BCUT2D eigenvalue weighted by atomic mass is 10.1. The van der Waals surface area contributed by atoms with E-state index in [4.69, 9.17) is 0 Å². The quantitative estimate of drug-likeness (QED) is 0.720. The summed E-state index contributed by atoms with van der Waals surface area (Å²) in [5, 5.41) is 9.85. The van der Waals surface area contributed by atoms with Crippen LogP contribution in [0.5, 0.6) is 5.75 Å². The molecule has 0 radical (unpaired) electrons. The molecule has 0 unspecified atom stereocenters. The first-order chi connectivity index (χ1) is 9.24. The molecule has 0 saturated carbocycles. The zero-order chi connectivity index (χ0) is 13.2. The van der Waals surface area contributed by atoms with Crippen LogP contribution in [0.1, 0.15) is 0 Å². The van der Waals surface area contributed by atoms with Gasteiger partial charge in [0.05, 0.1) is 16.7 Å². The van der Waals surface area contributed by atoms with E-state index in [2.05, 4.69) is 9.97 Å². The van der Waals surface area contributed by atoms with Crippen molar-refractivity contribution in [2.45, 2.75) is 0 Å². The van der Waals surface area contributed by atoms with Crippen LogP contribution in [0.2, 0.25) is 0 Å². The normalized spacial score (nSPS) is 10.5. The number of phenolic OH excluding ortho intramolecular Hbond substituents is 1. The molecule has 0 fully saturated rings. The molecule has 2 aromatic carbocycles. The molecule has 0 saturated heterocycles. The zero-order valence-corrected chi connectivity index (χ0v) is 9.95. The fraction of sp³-hybridized carbons (Fsp3) is 0. The van der Waals surface area contributed by atoms with Gasteiger partial charge in [-0.05, 0) is 24.3 Å². The maximum atomic E-state index is 11.8. The molecule has 0 spiro atoms. The van der Waals surface area contributed by atoms with E-state index < -0.39 is 0 Å². The summed E-state index contributed by atoms with van der Waals surface area (Å²) in [4.78, 5) is 20.1. The first-order valence-electron chi connectivity index (χ1n) is 5.80. The minimum absolute atomic E-state index is 0.0877. The molecule has 3 aromatic rings. The Bertz CT molecular complexity index is 816. The van der Waals surface area contributed by atoms with Crippen LogP contribution >= 0.6 is 0 Å². The van der Waals surface area contributed by atoms with Crippen molar-refractivity contribution in [3.8, 4) is 17.0 Å². The predicted molar refractivity (Wildman–Crippen MR) is 72.9 cm³/mol. The number of fused-ring (bicyclic) bond motifs is 1. The maximum absolute atomic E-state index is 11.8. The first kappa shape index (κ1) is 11.3. The zero-order valence-electron chi connectivity index (χ0n) is 9.95. The van der Waals surface area contributed by atoms with Crippen LogP contribution in [-0.2, 0) is 0 Å². The van der Waals surface area contributed by atoms with Gasteiger partial charge in [-0.3, -0.25) is 4.79 Å².